The highest BCUT2D eigenvalue weighted by atomic mass is 79.9. The van der Waals surface area contributed by atoms with Gasteiger partial charge in [0.25, 0.3) is 5.91 Å². The summed E-state index contributed by atoms with van der Waals surface area (Å²) < 4.78 is 6.48. The van der Waals surface area contributed by atoms with Gasteiger partial charge in [-0.25, -0.2) is 0 Å². The molecule has 4 nitrogen and oxygen atoms in total. The second-order valence-corrected chi connectivity index (χ2v) is 7.28. The van der Waals surface area contributed by atoms with Crippen LogP contribution in [0.3, 0.4) is 0 Å². The molecule has 17 heavy (non-hydrogen) atoms. The molecule has 0 aliphatic carbocycles. The van der Waals surface area contributed by atoms with Gasteiger partial charge in [0, 0.05) is 20.7 Å². The third kappa shape index (κ3) is 4.33. The van der Waals surface area contributed by atoms with E-state index in [1.807, 2.05) is 0 Å². The summed E-state index contributed by atoms with van der Waals surface area (Å²) in [5.74, 6) is -0.131. The van der Waals surface area contributed by atoms with Crippen molar-refractivity contribution in [3.05, 3.63) is 19.2 Å². The average Bonchev–Trinajstić information content (AvgIpc) is 2.56. The number of nitrogens with zero attached hydrogens (tertiary/aromatic N) is 1. The lowest BCUT2D eigenvalue weighted by Gasteiger charge is -2.20. The standard InChI is InChI=1S/C10H13Br2NO3S/c1-13(4-6(14)5-16-2)10(15)7-3-8(11)17-9(7)12/h3,6,14H,4-5H2,1-2H3. The van der Waals surface area contributed by atoms with Crippen LogP contribution in [0.1, 0.15) is 10.4 Å². The number of aliphatic hydroxyl groups excluding tert-OH is 1. The molecule has 0 radical (unpaired) electrons. The molecule has 1 unspecified atom stereocenters. The number of hydrogen-bond acceptors (Lipinski definition) is 4. The van der Waals surface area contributed by atoms with E-state index in [4.69, 9.17) is 4.74 Å². The van der Waals surface area contributed by atoms with E-state index in [0.29, 0.717) is 5.56 Å². The van der Waals surface area contributed by atoms with Crippen molar-refractivity contribution in [3.8, 4) is 0 Å². The fourth-order valence-corrected chi connectivity index (χ4v) is 4.11. The van der Waals surface area contributed by atoms with Crippen LogP contribution in [0.5, 0.6) is 0 Å². The molecule has 0 fully saturated rings. The summed E-state index contributed by atoms with van der Waals surface area (Å²) in [6.45, 7) is 0.457. The normalized spacial score (nSPS) is 12.5. The Morgan fingerprint density at radius 1 is 1.65 bits per heavy atom. The first-order valence-electron chi connectivity index (χ1n) is 4.83. The number of thiophene rings is 1. The van der Waals surface area contributed by atoms with Gasteiger partial charge in [0.05, 0.1) is 25.8 Å². The van der Waals surface area contributed by atoms with Crippen molar-refractivity contribution in [2.75, 3.05) is 27.3 Å². The maximum Gasteiger partial charge on any atom is 0.255 e. The molecule has 1 amide bonds. The Hall–Kier alpha value is 0.0500. The van der Waals surface area contributed by atoms with Crippen LogP contribution in [0, 0.1) is 0 Å². The highest BCUT2D eigenvalue weighted by molar-refractivity contribution is 9.12. The lowest BCUT2D eigenvalue weighted by Crippen LogP contribution is -2.36. The largest absolute Gasteiger partial charge is 0.389 e. The lowest BCUT2D eigenvalue weighted by molar-refractivity contribution is 0.0380. The van der Waals surface area contributed by atoms with Crippen LogP contribution < -0.4 is 0 Å². The topological polar surface area (TPSA) is 49.8 Å². The van der Waals surface area contributed by atoms with Crippen LogP contribution in [-0.2, 0) is 4.74 Å². The minimum absolute atomic E-state index is 0.131. The van der Waals surface area contributed by atoms with E-state index in [9.17, 15) is 9.90 Å². The Balaban J connectivity index is 2.66. The zero-order chi connectivity index (χ0) is 13.0. The van der Waals surface area contributed by atoms with Crippen molar-refractivity contribution >= 4 is 49.1 Å². The van der Waals surface area contributed by atoms with Crippen molar-refractivity contribution in [3.63, 3.8) is 0 Å². The summed E-state index contributed by atoms with van der Waals surface area (Å²) in [6.07, 6.45) is -0.671. The number of ether oxygens (including phenoxy) is 1. The summed E-state index contributed by atoms with van der Waals surface area (Å²) >= 11 is 8.10. The SMILES string of the molecule is COCC(O)CN(C)C(=O)c1cc(Br)sc1Br. The molecule has 0 aromatic carbocycles. The van der Waals surface area contributed by atoms with Crippen LogP contribution in [0.2, 0.25) is 0 Å². The molecule has 0 aliphatic heterocycles. The van der Waals surface area contributed by atoms with Crippen molar-refractivity contribution in [2.24, 2.45) is 0 Å². The van der Waals surface area contributed by atoms with Crippen molar-refractivity contribution in [1.82, 2.24) is 4.90 Å². The number of aliphatic hydroxyl groups is 1. The second kappa shape index (κ2) is 6.84. The number of carbonyl (C=O) groups excluding carboxylic acids is 1. The number of methoxy groups -OCH3 is 1. The molecule has 0 saturated heterocycles. The molecule has 0 saturated carbocycles. The van der Waals surface area contributed by atoms with Gasteiger partial charge in [-0.2, -0.15) is 0 Å². The number of carbonyl (C=O) groups is 1. The minimum Gasteiger partial charge on any atom is -0.389 e. The first-order valence-corrected chi connectivity index (χ1v) is 7.23. The molecular formula is C10H13Br2NO3S. The van der Waals surface area contributed by atoms with Crippen LogP contribution in [-0.4, -0.2) is 49.3 Å². The Bertz CT molecular complexity index is 397. The summed E-state index contributed by atoms with van der Waals surface area (Å²) in [7, 11) is 3.16. The summed E-state index contributed by atoms with van der Waals surface area (Å²) in [4.78, 5) is 13.5. The van der Waals surface area contributed by atoms with E-state index < -0.39 is 6.10 Å². The molecule has 1 aromatic rings. The van der Waals surface area contributed by atoms with E-state index in [2.05, 4.69) is 31.9 Å². The van der Waals surface area contributed by atoms with Crippen molar-refractivity contribution in [2.45, 2.75) is 6.10 Å². The van der Waals surface area contributed by atoms with Crippen molar-refractivity contribution in [1.29, 1.82) is 0 Å². The van der Waals surface area contributed by atoms with Gasteiger partial charge in [0.1, 0.15) is 0 Å². The van der Waals surface area contributed by atoms with Crippen LogP contribution in [0.4, 0.5) is 0 Å². The summed E-state index contributed by atoms with van der Waals surface area (Å²) in [5.41, 5.74) is 0.592. The predicted octanol–water partition coefficient (Wildman–Crippen LogP) is 2.35. The Labute approximate surface area is 121 Å². The van der Waals surface area contributed by atoms with E-state index in [1.54, 1.807) is 13.1 Å². The molecule has 7 heteroatoms. The number of likely N-dealkylation sites (N-methyl/N-ethyl adjacent to an activating group) is 1. The molecule has 0 aliphatic rings. The molecule has 96 valence electrons. The van der Waals surface area contributed by atoms with Crippen LogP contribution in [0.25, 0.3) is 0 Å². The molecular weight excluding hydrogens is 374 g/mol. The first kappa shape index (κ1) is 15.1. The summed E-state index contributed by atoms with van der Waals surface area (Å²) in [5, 5.41) is 9.55. The lowest BCUT2D eigenvalue weighted by atomic mass is 10.2. The zero-order valence-corrected chi connectivity index (χ0v) is 13.4. The second-order valence-electron chi connectivity index (χ2n) is 3.53. The minimum atomic E-state index is -0.671. The third-order valence-electron chi connectivity index (χ3n) is 2.08. The third-order valence-corrected chi connectivity index (χ3v) is 4.42. The molecule has 1 heterocycles. The van der Waals surface area contributed by atoms with Gasteiger partial charge in [0.2, 0.25) is 0 Å². The number of rotatable bonds is 5. The maximum absolute atomic E-state index is 12.0. The quantitative estimate of drug-likeness (QED) is 0.844. The molecule has 1 N–H and O–H groups in total. The Morgan fingerprint density at radius 3 is 2.76 bits per heavy atom. The zero-order valence-electron chi connectivity index (χ0n) is 9.44. The van der Waals surface area contributed by atoms with Gasteiger partial charge in [-0.15, -0.1) is 11.3 Å². The highest BCUT2D eigenvalue weighted by Gasteiger charge is 2.19. The van der Waals surface area contributed by atoms with E-state index in [0.717, 1.165) is 7.57 Å². The Morgan fingerprint density at radius 2 is 2.29 bits per heavy atom. The molecule has 1 atom stereocenters. The molecule has 0 spiro atoms. The van der Waals surface area contributed by atoms with Gasteiger partial charge < -0.3 is 14.7 Å². The van der Waals surface area contributed by atoms with Gasteiger partial charge in [0.15, 0.2) is 0 Å². The number of hydrogen-bond donors (Lipinski definition) is 1. The van der Waals surface area contributed by atoms with Crippen molar-refractivity contribution < 1.29 is 14.6 Å². The fourth-order valence-electron chi connectivity index (χ4n) is 1.34. The monoisotopic (exact) mass is 385 g/mol. The van der Waals surface area contributed by atoms with Gasteiger partial charge >= 0.3 is 0 Å². The van der Waals surface area contributed by atoms with Crippen LogP contribution >= 0.6 is 43.2 Å². The Kier molecular flexibility index (Phi) is 6.08. The van der Waals surface area contributed by atoms with Gasteiger partial charge in [-0.05, 0) is 37.9 Å². The van der Waals surface area contributed by atoms with Gasteiger partial charge in [-0.3, -0.25) is 4.79 Å². The van der Waals surface area contributed by atoms with E-state index in [1.165, 1.54) is 23.3 Å². The molecule has 0 bridgehead atoms. The maximum atomic E-state index is 12.0. The van der Waals surface area contributed by atoms with E-state index in [-0.39, 0.29) is 19.1 Å². The van der Waals surface area contributed by atoms with Gasteiger partial charge in [-0.1, -0.05) is 0 Å². The number of amides is 1. The highest BCUT2D eigenvalue weighted by Crippen LogP contribution is 2.32. The molecule has 1 rings (SSSR count). The summed E-state index contributed by atoms with van der Waals surface area (Å²) in [6, 6.07) is 1.76. The van der Waals surface area contributed by atoms with E-state index >= 15 is 0 Å². The first-order chi connectivity index (χ1) is 7.95. The number of halogens is 2. The molecule has 1 aromatic heterocycles. The predicted molar refractivity (Wildman–Crippen MR) is 74.6 cm³/mol. The smallest absolute Gasteiger partial charge is 0.255 e. The van der Waals surface area contributed by atoms with Crippen LogP contribution in [0.15, 0.2) is 13.6 Å². The average molecular weight is 387 g/mol. The fraction of sp³-hybridized carbons (Fsp3) is 0.500.